The standard InChI is InChI=1S/C10H12ClNO3/c11-9-4-2-1-3-7(9)5-8(6-13)12-10(14)15/h1-4,8,12-13H,5-6H2,(H,14,15)/t8-/m0/s1. The molecule has 1 rings (SSSR count). The Hall–Kier alpha value is -1.26. The van der Waals surface area contributed by atoms with Gasteiger partial charge in [0.05, 0.1) is 12.6 Å². The summed E-state index contributed by atoms with van der Waals surface area (Å²) in [6.07, 6.45) is -0.774. The van der Waals surface area contributed by atoms with Crippen molar-refractivity contribution in [2.45, 2.75) is 12.5 Å². The highest BCUT2D eigenvalue weighted by Gasteiger charge is 2.12. The molecule has 1 aromatic rings. The van der Waals surface area contributed by atoms with Gasteiger partial charge in [0.15, 0.2) is 0 Å². The summed E-state index contributed by atoms with van der Waals surface area (Å²) in [4.78, 5) is 10.4. The van der Waals surface area contributed by atoms with Gasteiger partial charge in [0, 0.05) is 5.02 Å². The third-order valence-electron chi connectivity index (χ3n) is 1.97. The molecular weight excluding hydrogens is 218 g/mol. The molecule has 82 valence electrons. The lowest BCUT2D eigenvalue weighted by atomic mass is 10.1. The highest BCUT2D eigenvalue weighted by Crippen LogP contribution is 2.16. The summed E-state index contributed by atoms with van der Waals surface area (Å²) in [6.45, 7) is -0.252. The van der Waals surface area contributed by atoms with Crippen LogP contribution in [0.25, 0.3) is 0 Å². The largest absolute Gasteiger partial charge is 0.465 e. The van der Waals surface area contributed by atoms with Crippen molar-refractivity contribution in [2.24, 2.45) is 0 Å². The Morgan fingerprint density at radius 2 is 2.13 bits per heavy atom. The summed E-state index contributed by atoms with van der Waals surface area (Å²) in [5, 5.41) is 20.3. The van der Waals surface area contributed by atoms with Crippen molar-refractivity contribution in [3.63, 3.8) is 0 Å². The Kier molecular flexibility index (Phi) is 4.39. The molecule has 0 heterocycles. The molecule has 0 aromatic heterocycles. The average Bonchev–Trinajstić information content (AvgIpc) is 2.19. The summed E-state index contributed by atoms with van der Waals surface area (Å²) in [6, 6.07) is 6.61. The van der Waals surface area contributed by atoms with Crippen LogP contribution in [0, 0.1) is 0 Å². The minimum absolute atomic E-state index is 0.252. The number of nitrogens with one attached hydrogen (secondary N) is 1. The van der Waals surface area contributed by atoms with E-state index in [1.165, 1.54) is 0 Å². The lowest BCUT2D eigenvalue weighted by Gasteiger charge is -2.14. The highest BCUT2D eigenvalue weighted by atomic mass is 35.5. The monoisotopic (exact) mass is 229 g/mol. The van der Waals surface area contributed by atoms with E-state index >= 15 is 0 Å². The van der Waals surface area contributed by atoms with E-state index in [-0.39, 0.29) is 6.61 Å². The van der Waals surface area contributed by atoms with Crippen LogP contribution in [0.5, 0.6) is 0 Å². The van der Waals surface area contributed by atoms with E-state index in [9.17, 15) is 4.79 Å². The molecule has 15 heavy (non-hydrogen) atoms. The van der Waals surface area contributed by atoms with Gasteiger partial charge >= 0.3 is 6.09 Å². The van der Waals surface area contributed by atoms with Crippen LogP contribution in [0.3, 0.4) is 0 Å². The Bertz CT molecular complexity index is 343. The number of benzene rings is 1. The van der Waals surface area contributed by atoms with E-state index in [4.69, 9.17) is 21.8 Å². The van der Waals surface area contributed by atoms with E-state index in [1.54, 1.807) is 18.2 Å². The second-order valence-electron chi connectivity index (χ2n) is 3.12. The maximum absolute atomic E-state index is 10.4. The van der Waals surface area contributed by atoms with Crippen LogP contribution < -0.4 is 5.32 Å². The third kappa shape index (κ3) is 3.77. The van der Waals surface area contributed by atoms with Gasteiger partial charge in [-0.1, -0.05) is 29.8 Å². The zero-order valence-electron chi connectivity index (χ0n) is 7.98. The molecule has 0 radical (unpaired) electrons. The fourth-order valence-electron chi connectivity index (χ4n) is 1.27. The summed E-state index contributed by atoms with van der Waals surface area (Å²) in [5.41, 5.74) is 0.812. The molecule has 1 atom stereocenters. The van der Waals surface area contributed by atoms with Gasteiger partial charge in [-0.2, -0.15) is 0 Å². The number of hydrogen-bond donors (Lipinski definition) is 3. The molecule has 5 heteroatoms. The van der Waals surface area contributed by atoms with E-state index < -0.39 is 12.1 Å². The Morgan fingerprint density at radius 1 is 1.47 bits per heavy atom. The lowest BCUT2D eigenvalue weighted by molar-refractivity contribution is 0.177. The number of amides is 1. The van der Waals surface area contributed by atoms with E-state index in [1.807, 2.05) is 6.07 Å². The van der Waals surface area contributed by atoms with Gasteiger partial charge in [-0.15, -0.1) is 0 Å². The fourth-order valence-corrected chi connectivity index (χ4v) is 1.48. The van der Waals surface area contributed by atoms with Gasteiger partial charge in [0.2, 0.25) is 0 Å². The number of carboxylic acid groups (broad SMARTS) is 1. The molecule has 0 aliphatic rings. The van der Waals surface area contributed by atoms with Crippen LogP contribution >= 0.6 is 11.6 Å². The number of halogens is 1. The zero-order chi connectivity index (χ0) is 11.3. The number of carbonyl (C=O) groups is 1. The van der Waals surface area contributed by atoms with Gasteiger partial charge < -0.3 is 15.5 Å². The molecular formula is C10H12ClNO3. The van der Waals surface area contributed by atoms with Gasteiger partial charge in [-0.3, -0.25) is 0 Å². The normalized spacial score (nSPS) is 12.1. The highest BCUT2D eigenvalue weighted by molar-refractivity contribution is 6.31. The minimum atomic E-state index is -1.15. The first-order valence-corrected chi connectivity index (χ1v) is 4.85. The van der Waals surface area contributed by atoms with Crippen molar-refractivity contribution >= 4 is 17.7 Å². The Morgan fingerprint density at radius 3 is 2.67 bits per heavy atom. The molecule has 0 spiro atoms. The van der Waals surface area contributed by atoms with Crippen molar-refractivity contribution in [1.29, 1.82) is 0 Å². The van der Waals surface area contributed by atoms with Gasteiger partial charge in [0.25, 0.3) is 0 Å². The first kappa shape index (κ1) is 11.8. The first-order chi connectivity index (χ1) is 7.13. The predicted octanol–water partition coefficient (Wildman–Crippen LogP) is 1.51. The molecule has 0 bridgehead atoms. The Labute approximate surface area is 92.5 Å². The average molecular weight is 230 g/mol. The molecule has 0 saturated heterocycles. The second kappa shape index (κ2) is 5.58. The Balaban J connectivity index is 2.66. The smallest absolute Gasteiger partial charge is 0.404 e. The number of aliphatic hydroxyl groups excluding tert-OH is 1. The second-order valence-corrected chi connectivity index (χ2v) is 3.53. The van der Waals surface area contributed by atoms with Crippen molar-refractivity contribution in [1.82, 2.24) is 5.32 Å². The molecule has 0 aliphatic heterocycles. The first-order valence-electron chi connectivity index (χ1n) is 4.47. The molecule has 0 fully saturated rings. The molecule has 0 saturated carbocycles. The molecule has 1 aromatic carbocycles. The van der Waals surface area contributed by atoms with Crippen LogP contribution in [-0.2, 0) is 6.42 Å². The molecule has 1 amide bonds. The van der Waals surface area contributed by atoms with Gasteiger partial charge in [-0.25, -0.2) is 4.79 Å². The topological polar surface area (TPSA) is 69.6 Å². The van der Waals surface area contributed by atoms with Crippen molar-refractivity contribution in [3.05, 3.63) is 34.9 Å². The van der Waals surface area contributed by atoms with Crippen LogP contribution in [0.1, 0.15) is 5.56 Å². The lowest BCUT2D eigenvalue weighted by Crippen LogP contribution is -2.38. The maximum atomic E-state index is 10.4. The van der Waals surface area contributed by atoms with Crippen LogP contribution in [-0.4, -0.2) is 29.0 Å². The van der Waals surface area contributed by atoms with Crippen molar-refractivity contribution in [2.75, 3.05) is 6.61 Å². The third-order valence-corrected chi connectivity index (χ3v) is 2.34. The van der Waals surface area contributed by atoms with E-state index in [2.05, 4.69) is 5.32 Å². The van der Waals surface area contributed by atoms with Crippen LogP contribution in [0.4, 0.5) is 4.79 Å². The molecule has 0 unspecified atom stereocenters. The van der Waals surface area contributed by atoms with Crippen LogP contribution in [0.15, 0.2) is 24.3 Å². The summed E-state index contributed by atoms with van der Waals surface area (Å²) >= 11 is 5.91. The number of hydrogen-bond acceptors (Lipinski definition) is 2. The number of rotatable bonds is 4. The quantitative estimate of drug-likeness (QED) is 0.733. The molecule has 3 N–H and O–H groups in total. The molecule has 0 aliphatic carbocycles. The number of aliphatic hydroxyl groups is 1. The van der Waals surface area contributed by atoms with Crippen molar-refractivity contribution < 1.29 is 15.0 Å². The van der Waals surface area contributed by atoms with E-state index in [0.717, 1.165) is 5.56 Å². The summed E-state index contributed by atoms with van der Waals surface area (Å²) < 4.78 is 0. The zero-order valence-corrected chi connectivity index (χ0v) is 8.74. The minimum Gasteiger partial charge on any atom is -0.465 e. The van der Waals surface area contributed by atoms with Gasteiger partial charge in [-0.05, 0) is 18.1 Å². The molecule has 4 nitrogen and oxygen atoms in total. The van der Waals surface area contributed by atoms with Crippen LogP contribution in [0.2, 0.25) is 5.02 Å². The summed E-state index contributed by atoms with van der Waals surface area (Å²) in [5.74, 6) is 0. The maximum Gasteiger partial charge on any atom is 0.404 e. The SMILES string of the molecule is O=C(O)N[C@H](CO)Cc1ccccc1Cl. The van der Waals surface area contributed by atoms with Gasteiger partial charge in [0.1, 0.15) is 0 Å². The van der Waals surface area contributed by atoms with Crippen molar-refractivity contribution in [3.8, 4) is 0 Å². The summed E-state index contributed by atoms with van der Waals surface area (Å²) in [7, 11) is 0. The van der Waals surface area contributed by atoms with E-state index in [0.29, 0.717) is 11.4 Å². The fraction of sp³-hybridized carbons (Fsp3) is 0.300. The predicted molar refractivity (Wildman–Crippen MR) is 57.2 cm³/mol.